The number of hydrogen-bond acceptors (Lipinski definition) is 5. The van der Waals surface area contributed by atoms with Crippen molar-refractivity contribution in [1.82, 2.24) is 9.97 Å². The Bertz CT molecular complexity index is 803. The summed E-state index contributed by atoms with van der Waals surface area (Å²) in [5, 5.41) is 11.1. The molecule has 0 aliphatic rings. The summed E-state index contributed by atoms with van der Waals surface area (Å²) in [4.78, 5) is 19.5. The second-order valence-electron chi connectivity index (χ2n) is 3.86. The van der Waals surface area contributed by atoms with Crippen LogP contribution < -0.4 is 4.74 Å². The fourth-order valence-corrected chi connectivity index (χ4v) is 2.96. The first kappa shape index (κ1) is 13.3. The van der Waals surface area contributed by atoms with Gasteiger partial charge in [0.1, 0.15) is 22.3 Å². The highest BCUT2D eigenvalue weighted by Crippen LogP contribution is 2.32. The van der Waals surface area contributed by atoms with E-state index in [4.69, 9.17) is 4.74 Å². The smallest absolute Gasteiger partial charge is 0.339 e. The number of carbonyl (C=O) groups is 1. The van der Waals surface area contributed by atoms with E-state index >= 15 is 0 Å². The lowest BCUT2D eigenvalue weighted by molar-refractivity contribution is 0.0694. The third kappa shape index (κ3) is 2.46. The SMILES string of the molecule is O=C(O)c1cc(I)ccc1Oc1ncnc2ccsc12. The van der Waals surface area contributed by atoms with Crippen LogP contribution in [0.1, 0.15) is 10.4 Å². The molecular formula is C13H7IN2O3S. The maximum absolute atomic E-state index is 11.3. The van der Waals surface area contributed by atoms with Crippen LogP contribution >= 0.6 is 33.9 Å². The van der Waals surface area contributed by atoms with Gasteiger partial charge in [0, 0.05) is 3.57 Å². The number of fused-ring (bicyclic) bond motifs is 1. The molecule has 0 fully saturated rings. The van der Waals surface area contributed by atoms with Gasteiger partial charge in [0.05, 0.1) is 5.52 Å². The molecule has 0 unspecified atom stereocenters. The Morgan fingerprint density at radius 1 is 1.30 bits per heavy atom. The van der Waals surface area contributed by atoms with Crippen molar-refractivity contribution in [2.45, 2.75) is 0 Å². The zero-order valence-electron chi connectivity index (χ0n) is 9.91. The fraction of sp³-hybridized carbons (Fsp3) is 0. The summed E-state index contributed by atoms with van der Waals surface area (Å²) < 4.78 is 7.30. The first-order chi connectivity index (χ1) is 9.65. The summed E-state index contributed by atoms with van der Waals surface area (Å²) in [5.41, 5.74) is 0.891. The lowest BCUT2D eigenvalue weighted by Crippen LogP contribution is -2.01. The van der Waals surface area contributed by atoms with E-state index in [-0.39, 0.29) is 11.3 Å². The van der Waals surface area contributed by atoms with Gasteiger partial charge < -0.3 is 9.84 Å². The molecule has 1 aromatic carbocycles. The van der Waals surface area contributed by atoms with E-state index < -0.39 is 5.97 Å². The Morgan fingerprint density at radius 3 is 2.95 bits per heavy atom. The van der Waals surface area contributed by atoms with Crippen LogP contribution in [0, 0.1) is 3.57 Å². The highest BCUT2D eigenvalue weighted by atomic mass is 127. The van der Waals surface area contributed by atoms with Gasteiger partial charge in [-0.15, -0.1) is 11.3 Å². The second kappa shape index (κ2) is 5.33. The summed E-state index contributed by atoms with van der Waals surface area (Å²) in [5.74, 6) is -0.394. The maximum Gasteiger partial charge on any atom is 0.339 e. The molecule has 7 heteroatoms. The van der Waals surface area contributed by atoms with Crippen molar-refractivity contribution >= 4 is 50.1 Å². The average Bonchev–Trinajstić information content (AvgIpc) is 2.90. The Labute approximate surface area is 131 Å². The van der Waals surface area contributed by atoms with Gasteiger partial charge in [0.15, 0.2) is 0 Å². The fourth-order valence-electron chi connectivity index (χ4n) is 1.70. The van der Waals surface area contributed by atoms with Crippen LogP contribution in [0.15, 0.2) is 36.0 Å². The lowest BCUT2D eigenvalue weighted by Gasteiger charge is -2.08. The van der Waals surface area contributed by atoms with Crippen molar-refractivity contribution in [3.63, 3.8) is 0 Å². The van der Waals surface area contributed by atoms with Crippen molar-refractivity contribution in [2.75, 3.05) is 0 Å². The third-order valence-corrected chi connectivity index (χ3v) is 4.15. The molecule has 3 aromatic rings. The van der Waals surface area contributed by atoms with Gasteiger partial charge >= 0.3 is 5.97 Å². The van der Waals surface area contributed by atoms with Crippen LogP contribution in [0.25, 0.3) is 10.2 Å². The lowest BCUT2D eigenvalue weighted by atomic mass is 10.2. The molecule has 2 aromatic heterocycles. The molecule has 0 aliphatic carbocycles. The monoisotopic (exact) mass is 398 g/mol. The Balaban J connectivity index is 2.07. The maximum atomic E-state index is 11.3. The van der Waals surface area contributed by atoms with Gasteiger partial charge in [-0.3, -0.25) is 0 Å². The van der Waals surface area contributed by atoms with Gasteiger partial charge in [0.25, 0.3) is 0 Å². The van der Waals surface area contributed by atoms with Gasteiger partial charge in [0.2, 0.25) is 5.88 Å². The molecule has 20 heavy (non-hydrogen) atoms. The van der Waals surface area contributed by atoms with E-state index in [0.717, 1.165) is 13.8 Å². The standard InChI is InChI=1S/C13H7IN2O3S/c14-7-1-2-10(8(5-7)13(17)18)19-12-11-9(3-4-20-11)15-6-16-12/h1-6H,(H,17,18). The molecule has 2 heterocycles. The second-order valence-corrected chi connectivity index (χ2v) is 6.02. The Kier molecular flexibility index (Phi) is 3.53. The molecule has 0 amide bonds. The van der Waals surface area contributed by atoms with E-state index in [9.17, 15) is 9.90 Å². The largest absolute Gasteiger partial charge is 0.478 e. The molecule has 0 radical (unpaired) electrons. The number of aromatic nitrogens is 2. The summed E-state index contributed by atoms with van der Waals surface area (Å²) in [6.45, 7) is 0. The topological polar surface area (TPSA) is 72.3 Å². The molecule has 0 spiro atoms. The van der Waals surface area contributed by atoms with Gasteiger partial charge in [-0.2, -0.15) is 0 Å². The summed E-state index contributed by atoms with van der Waals surface area (Å²) in [6.07, 6.45) is 1.40. The zero-order chi connectivity index (χ0) is 14.1. The van der Waals surface area contributed by atoms with Crippen LogP contribution in [0.4, 0.5) is 0 Å². The first-order valence-corrected chi connectivity index (χ1v) is 7.50. The average molecular weight is 398 g/mol. The molecule has 0 atom stereocenters. The molecule has 5 nitrogen and oxygen atoms in total. The zero-order valence-corrected chi connectivity index (χ0v) is 12.9. The van der Waals surface area contributed by atoms with Gasteiger partial charge in [-0.25, -0.2) is 14.8 Å². The number of thiophene rings is 1. The molecule has 0 aliphatic heterocycles. The van der Waals surface area contributed by atoms with Crippen LogP contribution in [0.2, 0.25) is 0 Å². The van der Waals surface area contributed by atoms with E-state index in [2.05, 4.69) is 32.6 Å². The van der Waals surface area contributed by atoms with Crippen LogP contribution in [0.5, 0.6) is 11.6 Å². The van der Waals surface area contributed by atoms with E-state index in [0.29, 0.717) is 5.88 Å². The van der Waals surface area contributed by atoms with Crippen molar-refractivity contribution < 1.29 is 14.6 Å². The van der Waals surface area contributed by atoms with E-state index in [1.54, 1.807) is 18.2 Å². The minimum atomic E-state index is -1.03. The molecule has 1 N–H and O–H groups in total. The molecule has 0 saturated carbocycles. The molecule has 100 valence electrons. The Morgan fingerprint density at radius 2 is 2.15 bits per heavy atom. The van der Waals surface area contributed by atoms with Crippen molar-refractivity contribution in [3.8, 4) is 11.6 Å². The number of hydrogen-bond donors (Lipinski definition) is 1. The number of benzene rings is 1. The van der Waals surface area contributed by atoms with E-state index in [1.165, 1.54) is 17.7 Å². The number of nitrogens with zero attached hydrogens (tertiary/aromatic N) is 2. The number of ether oxygens (including phenoxy) is 1. The number of halogens is 1. The highest BCUT2D eigenvalue weighted by Gasteiger charge is 2.15. The van der Waals surface area contributed by atoms with Gasteiger partial charge in [-0.1, -0.05) is 0 Å². The van der Waals surface area contributed by atoms with Gasteiger partial charge in [-0.05, 0) is 52.2 Å². The van der Waals surface area contributed by atoms with E-state index in [1.807, 2.05) is 11.4 Å². The molecule has 3 rings (SSSR count). The van der Waals surface area contributed by atoms with Crippen LogP contribution in [-0.4, -0.2) is 21.0 Å². The third-order valence-electron chi connectivity index (χ3n) is 2.59. The Hall–Kier alpha value is -1.74. The van der Waals surface area contributed by atoms with Crippen LogP contribution in [-0.2, 0) is 0 Å². The quantitative estimate of drug-likeness (QED) is 0.680. The highest BCUT2D eigenvalue weighted by molar-refractivity contribution is 14.1. The summed E-state index contributed by atoms with van der Waals surface area (Å²) in [7, 11) is 0. The number of carboxylic acids is 1. The number of rotatable bonds is 3. The minimum Gasteiger partial charge on any atom is -0.478 e. The minimum absolute atomic E-state index is 0.111. The normalized spacial score (nSPS) is 10.7. The van der Waals surface area contributed by atoms with Crippen LogP contribution in [0.3, 0.4) is 0 Å². The molecule has 0 bridgehead atoms. The predicted octanol–water partition coefficient (Wildman–Crippen LogP) is 3.79. The molecular weight excluding hydrogens is 391 g/mol. The van der Waals surface area contributed by atoms with Crippen molar-refractivity contribution in [3.05, 3.63) is 45.1 Å². The van der Waals surface area contributed by atoms with Crippen molar-refractivity contribution in [1.29, 1.82) is 0 Å². The number of aromatic carboxylic acids is 1. The predicted molar refractivity (Wildman–Crippen MR) is 83.6 cm³/mol. The molecule has 0 saturated heterocycles. The summed E-state index contributed by atoms with van der Waals surface area (Å²) in [6, 6.07) is 6.84. The van der Waals surface area contributed by atoms with Crippen molar-refractivity contribution in [2.24, 2.45) is 0 Å². The summed E-state index contributed by atoms with van der Waals surface area (Å²) >= 11 is 3.51. The first-order valence-electron chi connectivity index (χ1n) is 5.54. The number of carboxylic acid groups (broad SMARTS) is 1.